The van der Waals surface area contributed by atoms with Crippen LogP contribution in [0.3, 0.4) is 0 Å². The van der Waals surface area contributed by atoms with Gasteiger partial charge in [0, 0.05) is 0 Å². The summed E-state index contributed by atoms with van der Waals surface area (Å²) in [5.74, 6) is 3.11. The van der Waals surface area contributed by atoms with Crippen molar-refractivity contribution in [1.82, 2.24) is 0 Å². The molecule has 120 valence electrons. The summed E-state index contributed by atoms with van der Waals surface area (Å²) in [4.78, 5) is 0. The van der Waals surface area contributed by atoms with E-state index >= 15 is 0 Å². The molecule has 1 aromatic rings. The summed E-state index contributed by atoms with van der Waals surface area (Å²) in [6, 6.07) is 6.11. The maximum atomic E-state index is 11.1. The van der Waals surface area contributed by atoms with Crippen molar-refractivity contribution < 1.29 is 19.3 Å². The highest BCUT2D eigenvalue weighted by Crippen LogP contribution is 2.43. The van der Waals surface area contributed by atoms with Gasteiger partial charge in [-0.15, -0.1) is 0 Å². The van der Waals surface area contributed by atoms with Crippen molar-refractivity contribution in [3.8, 4) is 11.5 Å². The maximum absolute atomic E-state index is 11.1. The predicted molar refractivity (Wildman–Crippen MR) is 81.6 cm³/mol. The Bertz CT molecular complexity index is 578. The van der Waals surface area contributed by atoms with Gasteiger partial charge in [-0.05, 0) is 48.3 Å². The van der Waals surface area contributed by atoms with Gasteiger partial charge in [0.15, 0.2) is 11.5 Å². The van der Waals surface area contributed by atoms with Gasteiger partial charge in [-0.2, -0.15) is 4.58 Å². The third kappa shape index (κ3) is 2.92. The number of rotatable bonds is 3. The van der Waals surface area contributed by atoms with Gasteiger partial charge in [0.25, 0.3) is 0 Å². The Labute approximate surface area is 131 Å². The van der Waals surface area contributed by atoms with Crippen molar-refractivity contribution in [1.29, 1.82) is 0 Å². The van der Waals surface area contributed by atoms with Crippen LogP contribution in [0.2, 0.25) is 0 Å². The van der Waals surface area contributed by atoms with Crippen LogP contribution < -0.4 is 14.7 Å². The van der Waals surface area contributed by atoms with Gasteiger partial charge >= 0.3 is 5.78 Å². The van der Waals surface area contributed by atoms with E-state index in [-0.39, 0.29) is 5.41 Å². The van der Waals surface area contributed by atoms with Gasteiger partial charge in [-0.3, -0.25) is 0 Å². The average Bonchev–Trinajstić information content (AvgIpc) is 2.93. The van der Waals surface area contributed by atoms with Crippen molar-refractivity contribution in [3.05, 3.63) is 23.8 Å². The molecule has 0 saturated heterocycles. The number of ketones is 1. The lowest BCUT2D eigenvalue weighted by atomic mass is 9.66. The largest absolute Gasteiger partial charge is 0.463 e. The number of carbonyl (C=O) groups excluding carboxylic acids is 1. The van der Waals surface area contributed by atoms with Crippen molar-refractivity contribution >= 4 is 5.78 Å². The van der Waals surface area contributed by atoms with Crippen LogP contribution in [-0.2, 0) is 11.0 Å². The average molecular weight is 304 g/mol. The molecule has 2 aliphatic rings. The molecular formula is C18H24O4. The third-order valence-electron chi connectivity index (χ3n) is 5.05. The zero-order chi connectivity index (χ0) is 15.7. The van der Waals surface area contributed by atoms with Gasteiger partial charge in [0.2, 0.25) is 6.79 Å². The molecule has 2 atom stereocenters. The number of hydrogen-bond acceptors (Lipinski definition) is 3. The van der Waals surface area contributed by atoms with E-state index in [0.717, 1.165) is 43.0 Å². The number of fused-ring (bicyclic) bond motifs is 1. The summed E-state index contributed by atoms with van der Waals surface area (Å²) >= 11 is 0. The van der Waals surface area contributed by atoms with Crippen LogP contribution >= 0.6 is 0 Å². The first kappa shape index (κ1) is 15.2. The number of benzene rings is 1. The van der Waals surface area contributed by atoms with Crippen LogP contribution in [0.5, 0.6) is 11.5 Å². The smallest absolute Gasteiger partial charge is 0.333 e. The third-order valence-corrected chi connectivity index (χ3v) is 5.05. The molecule has 0 amide bonds. The molecule has 0 aromatic heterocycles. The first-order valence-electron chi connectivity index (χ1n) is 8.05. The minimum atomic E-state index is 0.0683. The lowest BCUT2D eigenvalue weighted by Crippen LogP contribution is -2.38. The van der Waals surface area contributed by atoms with Gasteiger partial charge < -0.3 is 14.7 Å². The van der Waals surface area contributed by atoms with Gasteiger partial charge in [0.05, 0.1) is 12.3 Å². The van der Waals surface area contributed by atoms with Crippen LogP contribution in [0.1, 0.15) is 45.6 Å². The molecule has 0 spiro atoms. The zero-order valence-electron chi connectivity index (χ0n) is 13.6. The Hall–Kier alpha value is -1.71. The molecule has 1 saturated carbocycles. The van der Waals surface area contributed by atoms with Crippen LogP contribution in [0, 0.1) is 17.3 Å². The molecule has 1 heterocycles. The second kappa shape index (κ2) is 5.82. The molecule has 4 nitrogen and oxygen atoms in total. The molecule has 3 rings (SSSR count). The molecular weight excluding hydrogens is 280 g/mol. The predicted octanol–water partition coefficient (Wildman–Crippen LogP) is 2.80. The van der Waals surface area contributed by atoms with Crippen LogP contribution in [0.25, 0.3) is 0 Å². The van der Waals surface area contributed by atoms with E-state index in [1.807, 2.05) is 6.07 Å². The molecule has 1 fully saturated rings. The molecule has 0 radical (unpaired) electrons. The molecule has 0 bridgehead atoms. The zero-order valence-corrected chi connectivity index (χ0v) is 13.6. The lowest BCUT2D eigenvalue weighted by Gasteiger charge is -2.35. The highest BCUT2D eigenvalue weighted by atomic mass is 17.1. The fourth-order valence-corrected chi connectivity index (χ4v) is 3.80. The van der Waals surface area contributed by atoms with E-state index in [4.69, 9.17) is 9.47 Å². The molecule has 0 N–H and O–H groups in total. The van der Waals surface area contributed by atoms with E-state index in [1.165, 1.54) is 5.56 Å². The molecule has 4 heteroatoms. The molecule has 2 unspecified atom stereocenters. The Morgan fingerprint density at radius 1 is 1.32 bits per heavy atom. The van der Waals surface area contributed by atoms with E-state index in [2.05, 4.69) is 37.5 Å². The van der Waals surface area contributed by atoms with Gasteiger partial charge in [-0.25, -0.2) is 0 Å². The number of hydrogen-bond donors (Lipinski definition) is 0. The second-order valence-electron chi connectivity index (χ2n) is 7.29. The number of ether oxygens (including phenoxy) is 2. The highest BCUT2D eigenvalue weighted by molar-refractivity contribution is 5.83. The Morgan fingerprint density at radius 2 is 2.09 bits per heavy atom. The highest BCUT2D eigenvalue weighted by Gasteiger charge is 2.42. The van der Waals surface area contributed by atoms with Crippen molar-refractivity contribution in [2.75, 3.05) is 6.79 Å². The first-order chi connectivity index (χ1) is 10.5. The second-order valence-corrected chi connectivity index (χ2v) is 7.29. The van der Waals surface area contributed by atoms with Crippen LogP contribution in [0.4, 0.5) is 0 Å². The van der Waals surface area contributed by atoms with E-state index in [9.17, 15) is 5.26 Å². The quantitative estimate of drug-likeness (QED) is 0.490. The fraction of sp³-hybridized carbons (Fsp3) is 0.611. The van der Waals surface area contributed by atoms with E-state index < -0.39 is 0 Å². The van der Waals surface area contributed by atoms with Gasteiger partial charge in [-0.1, -0.05) is 26.8 Å². The molecule has 1 aliphatic carbocycles. The van der Waals surface area contributed by atoms with Gasteiger partial charge in [0.1, 0.15) is 0 Å². The summed E-state index contributed by atoms with van der Waals surface area (Å²) in [6.07, 6.45) is 3.79. The maximum Gasteiger partial charge on any atom is 0.333 e. The van der Waals surface area contributed by atoms with Crippen molar-refractivity contribution in [3.63, 3.8) is 0 Å². The normalized spacial score (nSPS) is 29.3. The summed E-state index contributed by atoms with van der Waals surface area (Å²) < 4.78 is 15.3. The minimum absolute atomic E-state index is 0.0683. The molecule has 1 aromatic carbocycles. The van der Waals surface area contributed by atoms with Crippen LogP contribution in [-0.4, -0.2) is 12.6 Å². The Balaban J connectivity index is 1.74. The van der Waals surface area contributed by atoms with Crippen molar-refractivity contribution in [2.24, 2.45) is 17.3 Å². The summed E-state index contributed by atoms with van der Waals surface area (Å²) in [6.45, 7) is 6.86. The van der Waals surface area contributed by atoms with Crippen molar-refractivity contribution in [2.45, 2.75) is 46.5 Å². The summed E-state index contributed by atoms with van der Waals surface area (Å²) in [7, 11) is 0. The Morgan fingerprint density at radius 3 is 2.82 bits per heavy atom. The minimum Gasteiger partial charge on any atom is -0.463 e. The van der Waals surface area contributed by atoms with E-state index in [0.29, 0.717) is 18.6 Å². The van der Waals surface area contributed by atoms with Crippen LogP contribution in [0.15, 0.2) is 18.2 Å². The lowest BCUT2D eigenvalue weighted by molar-refractivity contribution is -1.05. The molecule has 1 aliphatic heterocycles. The topological polar surface area (TPSA) is 52.8 Å². The summed E-state index contributed by atoms with van der Waals surface area (Å²) in [5.41, 5.74) is 1.29. The standard InChI is InChI=1S/C18H24O4/c1-12(2)14-6-7-18(3,10-17(14)22-19)9-13-4-5-15-16(8-13)21-11-20-15/h4-5,8,12,14H,6-7,9-11H2,1-3H3. The first-order valence-corrected chi connectivity index (χ1v) is 8.05. The monoisotopic (exact) mass is 304 g/mol. The SMILES string of the molecule is CC(C)C1CCC(C)(Cc2ccc3c(c2)OCO3)CC1=[O+][O-]. The summed E-state index contributed by atoms with van der Waals surface area (Å²) in [5, 5.41) is 11.1. The Kier molecular flexibility index (Phi) is 4.02. The fourth-order valence-electron chi connectivity index (χ4n) is 3.80. The van der Waals surface area contributed by atoms with E-state index in [1.54, 1.807) is 0 Å². The molecule has 22 heavy (non-hydrogen) atoms.